The number of phenols is 1. The highest BCUT2D eigenvalue weighted by Crippen LogP contribution is 2.43. The number of halogens is 4. The van der Waals surface area contributed by atoms with Crippen LogP contribution in [-0.4, -0.2) is 75.2 Å². The molecule has 4 heterocycles. The largest absolute Gasteiger partial charge is 0.508 e. The van der Waals surface area contributed by atoms with Crippen LogP contribution in [0.25, 0.3) is 32.8 Å². The van der Waals surface area contributed by atoms with Gasteiger partial charge in [-0.25, -0.2) is 17.6 Å². The van der Waals surface area contributed by atoms with Crippen molar-refractivity contribution in [2.24, 2.45) is 0 Å². The normalized spacial score (nSPS) is 25.2. The maximum absolute atomic E-state index is 16.8. The minimum Gasteiger partial charge on any atom is -0.508 e. The number of nitrogens with zero attached hydrogens (tertiary/aromatic N) is 4. The van der Waals surface area contributed by atoms with E-state index in [1.807, 2.05) is 11.8 Å². The van der Waals surface area contributed by atoms with Crippen molar-refractivity contribution >= 4 is 27.5 Å². The molecular formula is C34H32F4N4O3. The Hall–Kier alpha value is -4.14. The van der Waals surface area contributed by atoms with Crippen LogP contribution in [0.15, 0.2) is 30.3 Å². The molecule has 3 aliphatic heterocycles. The molecule has 11 heteroatoms. The van der Waals surface area contributed by atoms with E-state index in [4.69, 9.17) is 11.2 Å². The monoisotopic (exact) mass is 620 g/mol. The number of aromatic nitrogens is 2. The van der Waals surface area contributed by atoms with Crippen molar-refractivity contribution in [1.29, 1.82) is 0 Å². The number of phenolic OH excluding ortho intramolecular Hbond substituents is 1. The first-order valence-corrected chi connectivity index (χ1v) is 15.2. The average Bonchev–Trinajstić information content (AvgIpc) is 3.52. The first-order chi connectivity index (χ1) is 21.6. The van der Waals surface area contributed by atoms with E-state index in [1.54, 1.807) is 0 Å². The number of hydrogen-bond acceptors (Lipinski definition) is 7. The zero-order valence-corrected chi connectivity index (χ0v) is 24.7. The van der Waals surface area contributed by atoms with E-state index in [2.05, 4.69) is 20.8 Å². The van der Waals surface area contributed by atoms with Gasteiger partial charge in [-0.3, -0.25) is 4.90 Å². The van der Waals surface area contributed by atoms with Gasteiger partial charge in [-0.1, -0.05) is 12.0 Å². The fourth-order valence-corrected chi connectivity index (χ4v) is 7.56. The van der Waals surface area contributed by atoms with E-state index in [0.29, 0.717) is 37.7 Å². The molecule has 0 amide bonds. The quantitative estimate of drug-likeness (QED) is 0.214. The summed E-state index contributed by atoms with van der Waals surface area (Å²) in [7, 11) is 0. The van der Waals surface area contributed by atoms with Crippen LogP contribution in [0.4, 0.5) is 23.4 Å². The Morgan fingerprint density at radius 3 is 2.73 bits per heavy atom. The predicted octanol–water partition coefficient (Wildman–Crippen LogP) is 5.86. The summed E-state index contributed by atoms with van der Waals surface area (Å²) in [4.78, 5) is 13.0. The van der Waals surface area contributed by atoms with Crippen molar-refractivity contribution in [3.05, 3.63) is 53.3 Å². The SMILES string of the molecule is C#Cc1c(F)ccc2cc(O)cc(-c3c(F)cc4c(N5CC[C@H](O)C[C@H]5C)nc(OC[C@@]56CCCN5C[C@H](F)C6)nc4c3F)c12. The molecule has 234 valence electrons. The number of piperidine rings is 1. The second kappa shape index (κ2) is 11.0. The van der Waals surface area contributed by atoms with Gasteiger partial charge >= 0.3 is 6.01 Å². The molecule has 1 aromatic heterocycles. The Kier molecular flexibility index (Phi) is 7.25. The van der Waals surface area contributed by atoms with Crippen LogP contribution in [0.1, 0.15) is 44.6 Å². The van der Waals surface area contributed by atoms with E-state index in [-0.39, 0.29) is 57.6 Å². The molecule has 0 saturated carbocycles. The summed E-state index contributed by atoms with van der Waals surface area (Å²) < 4.78 is 68.3. The third-order valence-electron chi connectivity index (χ3n) is 9.66. The maximum Gasteiger partial charge on any atom is 0.319 e. The number of aromatic hydroxyl groups is 1. The highest BCUT2D eigenvalue weighted by atomic mass is 19.1. The number of anilines is 1. The fourth-order valence-electron chi connectivity index (χ4n) is 7.56. The molecule has 45 heavy (non-hydrogen) atoms. The highest BCUT2D eigenvalue weighted by Gasteiger charge is 2.49. The number of rotatable bonds is 5. The molecule has 0 radical (unpaired) electrons. The van der Waals surface area contributed by atoms with Gasteiger partial charge in [0.25, 0.3) is 0 Å². The molecule has 3 aromatic carbocycles. The number of benzene rings is 3. The number of terminal acetylenes is 1. The fraction of sp³-hybridized carbons (Fsp3) is 0.412. The highest BCUT2D eigenvalue weighted by molar-refractivity contribution is 6.04. The van der Waals surface area contributed by atoms with Gasteiger partial charge in [0.1, 0.15) is 41.5 Å². The van der Waals surface area contributed by atoms with Crippen LogP contribution in [0.3, 0.4) is 0 Å². The molecule has 0 aliphatic carbocycles. The Morgan fingerprint density at radius 2 is 1.96 bits per heavy atom. The van der Waals surface area contributed by atoms with Gasteiger partial charge in [-0.15, -0.1) is 6.42 Å². The average molecular weight is 621 g/mol. The summed E-state index contributed by atoms with van der Waals surface area (Å²) in [5.74, 6) is -0.569. The lowest BCUT2D eigenvalue weighted by Gasteiger charge is -2.37. The maximum atomic E-state index is 16.8. The Labute approximate surface area is 257 Å². The van der Waals surface area contributed by atoms with Crippen molar-refractivity contribution in [3.63, 3.8) is 0 Å². The van der Waals surface area contributed by atoms with Gasteiger partial charge in [0.2, 0.25) is 0 Å². The van der Waals surface area contributed by atoms with Crippen LogP contribution in [-0.2, 0) is 0 Å². The van der Waals surface area contributed by atoms with Crippen molar-refractivity contribution in [3.8, 4) is 35.2 Å². The van der Waals surface area contributed by atoms with Gasteiger partial charge in [0, 0.05) is 41.9 Å². The second-order valence-electron chi connectivity index (χ2n) is 12.5. The molecule has 7 rings (SSSR count). The zero-order valence-electron chi connectivity index (χ0n) is 24.7. The molecule has 4 aromatic rings. The molecular weight excluding hydrogens is 588 g/mol. The van der Waals surface area contributed by atoms with Crippen LogP contribution >= 0.6 is 0 Å². The number of aliphatic hydroxyl groups is 1. The second-order valence-corrected chi connectivity index (χ2v) is 12.5. The molecule has 4 atom stereocenters. The van der Waals surface area contributed by atoms with E-state index in [9.17, 15) is 19.0 Å². The number of ether oxygens (including phenoxy) is 1. The van der Waals surface area contributed by atoms with Crippen molar-refractivity contribution in [2.75, 3.05) is 31.1 Å². The molecule has 7 nitrogen and oxygen atoms in total. The summed E-state index contributed by atoms with van der Waals surface area (Å²) in [6.07, 6.45) is 6.95. The summed E-state index contributed by atoms with van der Waals surface area (Å²) in [5.41, 5.74) is -1.62. The van der Waals surface area contributed by atoms with Crippen LogP contribution in [0, 0.1) is 29.8 Å². The Morgan fingerprint density at radius 1 is 1.13 bits per heavy atom. The van der Waals surface area contributed by atoms with Crippen LogP contribution < -0.4 is 9.64 Å². The van der Waals surface area contributed by atoms with Gasteiger partial charge < -0.3 is 19.8 Å². The minimum absolute atomic E-state index is 0.0688. The molecule has 3 saturated heterocycles. The number of aliphatic hydroxyl groups excluding tert-OH is 1. The Balaban J connectivity index is 1.42. The van der Waals surface area contributed by atoms with E-state index >= 15 is 8.78 Å². The third kappa shape index (κ3) is 4.91. The molecule has 3 fully saturated rings. The van der Waals surface area contributed by atoms with Crippen molar-refractivity contribution in [1.82, 2.24) is 14.9 Å². The molecule has 0 bridgehead atoms. The summed E-state index contributed by atoms with van der Waals surface area (Å²) in [6.45, 7) is 3.46. The van der Waals surface area contributed by atoms with Gasteiger partial charge in [0.15, 0.2) is 5.82 Å². The summed E-state index contributed by atoms with van der Waals surface area (Å²) in [6, 6.07) is 5.75. The van der Waals surface area contributed by atoms with Crippen LogP contribution in [0.5, 0.6) is 11.8 Å². The van der Waals surface area contributed by atoms with Gasteiger partial charge in [-0.05, 0) is 68.8 Å². The number of fused-ring (bicyclic) bond motifs is 3. The van der Waals surface area contributed by atoms with Gasteiger partial charge in [0.05, 0.1) is 22.8 Å². The summed E-state index contributed by atoms with van der Waals surface area (Å²) >= 11 is 0. The summed E-state index contributed by atoms with van der Waals surface area (Å²) in [5, 5.41) is 21.2. The van der Waals surface area contributed by atoms with E-state index < -0.39 is 40.8 Å². The molecule has 3 aliphatic rings. The van der Waals surface area contributed by atoms with Crippen molar-refractivity contribution < 1.29 is 32.5 Å². The van der Waals surface area contributed by atoms with Crippen molar-refractivity contribution in [2.45, 2.75) is 62.9 Å². The number of hydrogen-bond donors (Lipinski definition) is 2. The lowest BCUT2D eigenvalue weighted by atomic mass is 9.92. The first kappa shape index (κ1) is 29.6. The van der Waals surface area contributed by atoms with E-state index in [0.717, 1.165) is 37.6 Å². The molecule has 0 spiro atoms. The lowest BCUT2D eigenvalue weighted by Crippen LogP contribution is -2.44. The first-order valence-electron chi connectivity index (χ1n) is 15.2. The smallest absolute Gasteiger partial charge is 0.319 e. The molecule has 2 N–H and O–H groups in total. The third-order valence-corrected chi connectivity index (χ3v) is 9.66. The standard InChI is InChI=1S/C34H32F4N4O3/c1-3-23-26(36)6-5-19-12-22(44)13-24(28(19)23)29-27(37)14-25-31(30(29)38)39-33(40-32(25)42-10-7-21(43)11-18(42)2)45-17-34-8-4-9-41(34)16-20(35)15-34/h1,5-6,12-14,18,20-21,43-44H,4,7-11,15-17H2,2H3/t18-,20-,21+,34+/m1/s1. The Bertz CT molecular complexity index is 1880. The number of alkyl halides is 1. The van der Waals surface area contributed by atoms with Gasteiger partial charge in [-0.2, -0.15) is 9.97 Å². The topological polar surface area (TPSA) is 82.0 Å². The lowest BCUT2D eigenvalue weighted by molar-refractivity contribution is 0.107. The minimum atomic E-state index is -1.06. The zero-order chi connectivity index (χ0) is 31.6. The molecule has 0 unspecified atom stereocenters. The van der Waals surface area contributed by atoms with E-state index in [1.165, 1.54) is 12.1 Å². The van der Waals surface area contributed by atoms with Crippen LogP contribution in [0.2, 0.25) is 0 Å². The predicted molar refractivity (Wildman–Crippen MR) is 163 cm³/mol.